The lowest BCUT2D eigenvalue weighted by Gasteiger charge is -2.09. The van der Waals surface area contributed by atoms with Gasteiger partial charge in [0.1, 0.15) is 5.75 Å². The Bertz CT molecular complexity index is 1460. The first-order chi connectivity index (χ1) is 14.7. The van der Waals surface area contributed by atoms with Gasteiger partial charge in [-0.2, -0.15) is 4.98 Å². The number of aryl methyl sites for hydroxylation is 2. The Balaban J connectivity index is 1.84. The third-order valence-electron chi connectivity index (χ3n) is 4.74. The summed E-state index contributed by atoms with van der Waals surface area (Å²) >= 11 is 18.9. The predicted octanol–water partition coefficient (Wildman–Crippen LogP) is 5.11. The van der Waals surface area contributed by atoms with E-state index in [1.54, 1.807) is 38.4 Å². The number of hydrogen-bond acceptors (Lipinski definition) is 4. The van der Waals surface area contributed by atoms with Crippen LogP contribution >= 0.6 is 55.1 Å². The van der Waals surface area contributed by atoms with Crippen LogP contribution < -0.4 is 16.0 Å². The number of fused-ring (bicyclic) bond motifs is 1. The third-order valence-corrected chi connectivity index (χ3v) is 6.59. The second-order valence-electron chi connectivity index (χ2n) is 6.78. The molecule has 0 spiro atoms. The summed E-state index contributed by atoms with van der Waals surface area (Å²) in [6.07, 6.45) is 0. The van der Waals surface area contributed by atoms with Crippen LogP contribution in [-0.4, -0.2) is 18.7 Å². The normalized spacial score (nSPS) is 11.3. The molecule has 160 valence electrons. The Labute approximate surface area is 203 Å². The van der Waals surface area contributed by atoms with E-state index in [0.29, 0.717) is 25.8 Å². The van der Waals surface area contributed by atoms with E-state index in [9.17, 15) is 9.59 Å². The first-order valence-corrected chi connectivity index (χ1v) is 11.2. The van der Waals surface area contributed by atoms with Gasteiger partial charge in [-0.25, -0.2) is 4.79 Å². The van der Waals surface area contributed by atoms with Crippen LogP contribution in [0.15, 0.2) is 54.9 Å². The van der Waals surface area contributed by atoms with Crippen molar-refractivity contribution >= 4 is 66.2 Å². The number of benzene rings is 2. The van der Waals surface area contributed by atoms with Crippen molar-refractivity contribution in [2.24, 2.45) is 14.1 Å². The highest BCUT2D eigenvalue weighted by atomic mass is 79.9. The average Bonchev–Trinajstić information content (AvgIpc) is 3.05. The summed E-state index contributed by atoms with van der Waals surface area (Å²) in [5.74, 6) is 0.516. The maximum atomic E-state index is 13.2. The number of hydrogen-bond donors (Lipinski definition) is 0. The molecule has 4 aromatic rings. The number of imidazole rings is 1. The van der Waals surface area contributed by atoms with Gasteiger partial charge in [0.2, 0.25) is 0 Å². The van der Waals surface area contributed by atoms with Gasteiger partial charge in [-0.3, -0.25) is 18.5 Å². The van der Waals surface area contributed by atoms with Crippen LogP contribution in [0.25, 0.3) is 11.2 Å². The fourth-order valence-electron chi connectivity index (χ4n) is 3.13. The Kier molecular flexibility index (Phi) is 6.04. The molecule has 0 fully saturated rings. The highest BCUT2D eigenvalue weighted by molar-refractivity contribution is 9.11. The molecule has 0 aliphatic carbocycles. The number of aromatic nitrogens is 4. The van der Waals surface area contributed by atoms with Crippen molar-refractivity contribution in [3.8, 4) is 11.8 Å². The van der Waals surface area contributed by atoms with Crippen molar-refractivity contribution < 1.29 is 4.74 Å². The summed E-state index contributed by atoms with van der Waals surface area (Å²) in [5.41, 5.74) is 0.156. The second kappa shape index (κ2) is 8.46. The topological polar surface area (TPSA) is 71.1 Å². The molecule has 0 atom stereocenters. The summed E-state index contributed by atoms with van der Waals surface area (Å²) < 4.78 is 11.5. The largest absolute Gasteiger partial charge is 0.424 e. The zero-order valence-corrected chi connectivity index (χ0v) is 20.9. The van der Waals surface area contributed by atoms with Crippen molar-refractivity contribution in [1.82, 2.24) is 18.7 Å². The van der Waals surface area contributed by atoms with Crippen LogP contribution in [0.4, 0.5) is 0 Å². The van der Waals surface area contributed by atoms with E-state index >= 15 is 0 Å². The van der Waals surface area contributed by atoms with Gasteiger partial charge in [0.25, 0.3) is 5.56 Å². The molecule has 2 heterocycles. The van der Waals surface area contributed by atoms with E-state index in [-0.39, 0.29) is 23.7 Å². The highest BCUT2D eigenvalue weighted by Gasteiger charge is 2.20. The second-order valence-corrected chi connectivity index (χ2v) is 9.37. The lowest BCUT2D eigenvalue weighted by Crippen LogP contribution is -2.39. The number of rotatable bonds is 4. The van der Waals surface area contributed by atoms with Crippen molar-refractivity contribution in [2.45, 2.75) is 6.54 Å². The molecule has 2 aromatic heterocycles. The fraction of sp³-hybridized carbons (Fsp3) is 0.150. The van der Waals surface area contributed by atoms with Crippen LogP contribution in [0.2, 0.25) is 10.0 Å². The van der Waals surface area contributed by atoms with Crippen molar-refractivity contribution in [2.75, 3.05) is 0 Å². The summed E-state index contributed by atoms with van der Waals surface area (Å²) in [6, 6.07) is 10.6. The molecule has 0 unspecified atom stereocenters. The number of halogens is 4. The molecular formula is C20H14Br2Cl2N4O3. The molecule has 0 amide bonds. The van der Waals surface area contributed by atoms with E-state index in [0.717, 1.165) is 9.04 Å². The van der Waals surface area contributed by atoms with E-state index in [1.807, 2.05) is 12.1 Å². The Morgan fingerprint density at radius 1 is 1.00 bits per heavy atom. The number of ether oxygens (including phenoxy) is 1. The van der Waals surface area contributed by atoms with Crippen LogP contribution in [0.3, 0.4) is 0 Å². The van der Waals surface area contributed by atoms with Gasteiger partial charge in [-0.1, -0.05) is 45.2 Å². The monoisotopic (exact) mass is 586 g/mol. The van der Waals surface area contributed by atoms with E-state index < -0.39 is 11.2 Å². The first kappa shape index (κ1) is 22.1. The Morgan fingerprint density at radius 3 is 2.42 bits per heavy atom. The van der Waals surface area contributed by atoms with Crippen molar-refractivity contribution in [3.63, 3.8) is 0 Å². The van der Waals surface area contributed by atoms with Crippen LogP contribution in [-0.2, 0) is 20.6 Å². The maximum absolute atomic E-state index is 13.2. The number of nitrogens with zero attached hydrogens (tertiary/aromatic N) is 4. The molecule has 0 aliphatic heterocycles. The maximum Gasteiger partial charge on any atom is 0.332 e. The van der Waals surface area contributed by atoms with Crippen LogP contribution in [0.1, 0.15) is 5.56 Å². The third kappa shape index (κ3) is 4.07. The first-order valence-electron chi connectivity index (χ1n) is 8.90. The zero-order chi connectivity index (χ0) is 22.4. The van der Waals surface area contributed by atoms with Crippen LogP contribution in [0, 0.1) is 0 Å². The average molecular weight is 589 g/mol. The molecule has 2 aromatic carbocycles. The lowest BCUT2D eigenvalue weighted by molar-refractivity contribution is 0.425. The quantitative estimate of drug-likeness (QED) is 0.332. The summed E-state index contributed by atoms with van der Waals surface area (Å²) in [5, 5.41) is 0.745. The molecule has 31 heavy (non-hydrogen) atoms. The highest BCUT2D eigenvalue weighted by Crippen LogP contribution is 2.32. The van der Waals surface area contributed by atoms with Crippen LogP contribution in [0.5, 0.6) is 11.8 Å². The summed E-state index contributed by atoms with van der Waals surface area (Å²) in [4.78, 5) is 30.5. The van der Waals surface area contributed by atoms with Gasteiger partial charge in [0, 0.05) is 18.6 Å². The molecule has 7 nitrogen and oxygen atoms in total. The lowest BCUT2D eigenvalue weighted by atomic mass is 10.2. The molecule has 0 saturated heterocycles. The molecule has 0 aliphatic rings. The van der Waals surface area contributed by atoms with Gasteiger partial charge in [-0.05, 0) is 51.8 Å². The minimum atomic E-state index is -0.502. The standard InChI is InChI=1S/C20H14Br2Cl2N4O3/c1-26-16-17(25-19(26)31-15-6-4-11(21)8-12(15)22)27(2)20(30)28(18(16)29)9-10-3-5-13(23)14(24)7-10/h3-8H,9H2,1-2H3. The molecule has 0 saturated carbocycles. The molecule has 0 N–H and O–H groups in total. The minimum absolute atomic E-state index is 0.0396. The Morgan fingerprint density at radius 2 is 1.74 bits per heavy atom. The Hall–Kier alpha value is -2.07. The van der Waals surface area contributed by atoms with Crippen molar-refractivity contribution in [1.29, 1.82) is 0 Å². The van der Waals surface area contributed by atoms with Gasteiger partial charge >= 0.3 is 11.7 Å². The van der Waals surface area contributed by atoms with E-state index in [2.05, 4.69) is 36.8 Å². The molecule has 0 radical (unpaired) electrons. The van der Waals surface area contributed by atoms with E-state index in [1.165, 1.54) is 9.13 Å². The van der Waals surface area contributed by atoms with Gasteiger partial charge in [0.05, 0.1) is 21.1 Å². The smallest absolute Gasteiger partial charge is 0.332 e. The summed E-state index contributed by atoms with van der Waals surface area (Å²) in [6.45, 7) is 0.0396. The molecule has 11 heteroatoms. The van der Waals surface area contributed by atoms with Gasteiger partial charge < -0.3 is 4.74 Å². The SMILES string of the molecule is Cn1c(Oc2ccc(Br)cc2Br)nc2c1c(=O)n(Cc1ccc(Cl)c(Cl)c1)c(=O)n2C. The molecule has 0 bridgehead atoms. The zero-order valence-electron chi connectivity index (χ0n) is 16.2. The summed E-state index contributed by atoms with van der Waals surface area (Å²) in [7, 11) is 3.22. The van der Waals surface area contributed by atoms with E-state index in [4.69, 9.17) is 27.9 Å². The minimum Gasteiger partial charge on any atom is -0.424 e. The van der Waals surface area contributed by atoms with Gasteiger partial charge in [-0.15, -0.1) is 0 Å². The van der Waals surface area contributed by atoms with Gasteiger partial charge in [0.15, 0.2) is 11.2 Å². The van der Waals surface area contributed by atoms with Crippen molar-refractivity contribution in [3.05, 3.63) is 81.8 Å². The molecule has 4 rings (SSSR count). The molecular weight excluding hydrogens is 575 g/mol. The predicted molar refractivity (Wildman–Crippen MR) is 128 cm³/mol. The fourth-order valence-corrected chi connectivity index (χ4v) is 4.58.